The summed E-state index contributed by atoms with van der Waals surface area (Å²) in [5.41, 5.74) is 10.9. The molecule has 58 heavy (non-hydrogen) atoms. The van der Waals surface area contributed by atoms with Gasteiger partial charge >= 0.3 is 0 Å². The normalized spacial score (nSPS) is 12.1. The Kier molecular flexibility index (Phi) is 6.47. The van der Waals surface area contributed by atoms with Crippen molar-refractivity contribution in [1.82, 2.24) is 0 Å². The van der Waals surface area contributed by atoms with Crippen LogP contribution in [0.4, 0.5) is 0 Å². The Hall–Kier alpha value is -7.68. The van der Waals surface area contributed by atoms with Gasteiger partial charge in [0.25, 0.3) is 0 Å². The quantitative estimate of drug-likeness (QED) is 0.169. The molecule has 268 valence electrons. The van der Waals surface area contributed by atoms with Crippen molar-refractivity contribution in [1.29, 1.82) is 0 Å². The lowest BCUT2D eigenvalue weighted by atomic mass is 9.83. The summed E-state index contributed by atoms with van der Waals surface area (Å²) >= 11 is 0. The fourth-order valence-electron chi connectivity index (χ4n) is 9.92. The average molecular weight is 737 g/mol. The van der Waals surface area contributed by atoms with Crippen LogP contribution in [-0.4, -0.2) is 0 Å². The van der Waals surface area contributed by atoms with E-state index in [0.717, 1.165) is 54.6 Å². The Balaban J connectivity index is 1.01. The van der Waals surface area contributed by atoms with Gasteiger partial charge in [-0.2, -0.15) is 0 Å². The smallest absolute Gasteiger partial charge is 0.147 e. The maximum Gasteiger partial charge on any atom is 0.147 e. The van der Waals surface area contributed by atoms with Gasteiger partial charge in [0.1, 0.15) is 22.3 Å². The maximum atomic E-state index is 6.62. The molecular weight excluding hydrogens is 705 g/mol. The van der Waals surface area contributed by atoms with Gasteiger partial charge in [-0.05, 0) is 118 Å². The predicted molar refractivity (Wildman–Crippen MR) is 245 cm³/mol. The molecule has 0 amide bonds. The largest absolute Gasteiger partial charge is 0.455 e. The first-order chi connectivity index (χ1) is 28.8. The van der Waals surface area contributed by atoms with Crippen LogP contribution in [0.25, 0.3) is 131 Å². The van der Waals surface area contributed by atoms with Gasteiger partial charge in [-0.3, -0.25) is 0 Å². The number of rotatable bonds is 3. The van der Waals surface area contributed by atoms with Crippen LogP contribution in [0.15, 0.2) is 203 Å². The lowest BCUT2D eigenvalue weighted by Crippen LogP contribution is -1.93. The van der Waals surface area contributed by atoms with Crippen LogP contribution in [0.3, 0.4) is 0 Å². The molecule has 0 fully saturated rings. The predicted octanol–water partition coefficient (Wildman–Crippen LogP) is 16.3. The van der Waals surface area contributed by atoms with Crippen LogP contribution in [0.2, 0.25) is 0 Å². The summed E-state index contributed by atoms with van der Waals surface area (Å²) in [5.74, 6) is 0. The van der Waals surface area contributed by atoms with E-state index in [2.05, 4.69) is 182 Å². The number of para-hydroxylation sites is 1. The van der Waals surface area contributed by atoms with E-state index in [1.54, 1.807) is 0 Å². The van der Waals surface area contributed by atoms with Gasteiger partial charge in [0, 0.05) is 21.5 Å². The standard InChI is InChI=1S/C56H32O2/c1-2-14-36-33(12-1)13-11-22-42(36)52-43-18-5-7-20-45(43)53(46-21-8-6-19-44(46)52)47-29-28-37(39-15-3-4-16-40(39)47)34-24-26-38-35(32-34)25-27-49-54-51(58-55(38)49)31-30-48-41-17-9-10-23-50(41)57-56(48)54/h1-32H. The monoisotopic (exact) mass is 736 g/mol. The molecular formula is C56H32O2. The number of hydrogen-bond acceptors (Lipinski definition) is 2. The lowest BCUT2D eigenvalue weighted by molar-refractivity contribution is 0.665. The molecule has 2 nitrogen and oxygen atoms in total. The second kappa shape index (κ2) is 11.9. The zero-order chi connectivity index (χ0) is 37.9. The molecule has 13 rings (SSSR count). The molecule has 0 atom stereocenters. The van der Waals surface area contributed by atoms with Crippen molar-refractivity contribution in [2.75, 3.05) is 0 Å². The average Bonchev–Trinajstić information content (AvgIpc) is 3.86. The van der Waals surface area contributed by atoms with Crippen molar-refractivity contribution in [2.24, 2.45) is 0 Å². The third-order valence-corrected chi connectivity index (χ3v) is 12.5. The minimum Gasteiger partial charge on any atom is -0.455 e. The SMILES string of the molecule is c1ccc2c(-c3c4ccccc4c(-c4ccc(-c5ccc6c(ccc7c6oc6ccc8c9ccccc9oc8c67)c5)c5ccccc45)c4ccccc34)cccc2c1. The fourth-order valence-corrected chi connectivity index (χ4v) is 9.92. The zero-order valence-corrected chi connectivity index (χ0v) is 31.3. The van der Waals surface area contributed by atoms with E-state index >= 15 is 0 Å². The van der Waals surface area contributed by atoms with E-state index in [9.17, 15) is 0 Å². The second-order valence-electron chi connectivity index (χ2n) is 15.5. The topological polar surface area (TPSA) is 26.3 Å². The Labute approximate surface area is 332 Å². The fraction of sp³-hybridized carbons (Fsp3) is 0. The van der Waals surface area contributed by atoms with Gasteiger partial charge in [0.05, 0.1) is 5.39 Å². The summed E-state index contributed by atoms with van der Waals surface area (Å²) in [6.07, 6.45) is 0. The summed E-state index contributed by atoms with van der Waals surface area (Å²) in [6, 6.07) is 70.5. The van der Waals surface area contributed by atoms with E-state index in [-0.39, 0.29) is 0 Å². The highest BCUT2D eigenvalue weighted by atomic mass is 16.3. The van der Waals surface area contributed by atoms with E-state index in [1.165, 1.54) is 76.5 Å². The highest BCUT2D eigenvalue weighted by molar-refractivity contribution is 6.27. The molecule has 0 saturated carbocycles. The maximum absolute atomic E-state index is 6.62. The Morgan fingerprint density at radius 3 is 1.53 bits per heavy atom. The van der Waals surface area contributed by atoms with E-state index < -0.39 is 0 Å². The van der Waals surface area contributed by atoms with E-state index in [1.807, 2.05) is 12.1 Å². The molecule has 2 heteroatoms. The zero-order valence-electron chi connectivity index (χ0n) is 31.3. The molecule has 11 aromatic carbocycles. The molecule has 0 bridgehead atoms. The molecule has 0 radical (unpaired) electrons. The molecule has 2 aromatic heterocycles. The highest BCUT2D eigenvalue weighted by Gasteiger charge is 2.21. The van der Waals surface area contributed by atoms with E-state index in [4.69, 9.17) is 8.83 Å². The van der Waals surface area contributed by atoms with Gasteiger partial charge < -0.3 is 8.83 Å². The Bertz CT molecular complexity index is 3800. The van der Waals surface area contributed by atoms with Crippen LogP contribution >= 0.6 is 0 Å². The van der Waals surface area contributed by atoms with Crippen LogP contribution in [0, 0.1) is 0 Å². The molecule has 0 saturated heterocycles. The molecule has 0 unspecified atom stereocenters. The Morgan fingerprint density at radius 2 is 0.793 bits per heavy atom. The summed E-state index contributed by atoms with van der Waals surface area (Å²) in [4.78, 5) is 0. The summed E-state index contributed by atoms with van der Waals surface area (Å²) in [5, 5.41) is 16.6. The number of hydrogen-bond donors (Lipinski definition) is 0. The highest BCUT2D eigenvalue weighted by Crippen LogP contribution is 2.48. The van der Waals surface area contributed by atoms with Gasteiger partial charge in [-0.15, -0.1) is 0 Å². The molecule has 2 heterocycles. The third kappa shape index (κ3) is 4.37. The molecule has 0 aliphatic carbocycles. The molecule has 0 N–H and O–H groups in total. The van der Waals surface area contributed by atoms with Crippen molar-refractivity contribution in [3.63, 3.8) is 0 Å². The molecule has 13 aromatic rings. The van der Waals surface area contributed by atoms with Crippen LogP contribution in [0.5, 0.6) is 0 Å². The molecule has 0 aliphatic heterocycles. The van der Waals surface area contributed by atoms with Gasteiger partial charge in [0.15, 0.2) is 0 Å². The summed E-state index contributed by atoms with van der Waals surface area (Å²) < 4.78 is 13.1. The Morgan fingerprint density at radius 1 is 0.259 bits per heavy atom. The minimum absolute atomic E-state index is 0.838. The van der Waals surface area contributed by atoms with Crippen molar-refractivity contribution >= 4 is 97.7 Å². The van der Waals surface area contributed by atoms with Crippen molar-refractivity contribution in [3.8, 4) is 33.4 Å². The van der Waals surface area contributed by atoms with Crippen molar-refractivity contribution in [2.45, 2.75) is 0 Å². The number of benzene rings is 11. The number of fused-ring (bicyclic) bond motifs is 13. The summed E-state index contributed by atoms with van der Waals surface area (Å²) in [6.45, 7) is 0. The first-order valence-corrected chi connectivity index (χ1v) is 19.9. The first-order valence-electron chi connectivity index (χ1n) is 19.9. The van der Waals surface area contributed by atoms with Crippen LogP contribution < -0.4 is 0 Å². The third-order valence-electron chi connectivity index (χ3n) is 12.5. The minimum atomic E-state index is 0.838. The van der Waals surface area contributed by atoms with Gasteiger partial charge in [-0.25, -0.2) is 0 Å². The van der Waals surface area contributed by atoms with Gasteiger partial charge in [-0.1, -0.05) is 158 Å². The molecule has 0 aliphatic rings. The second-order valence-corrected chi connectivity index (χ2v) is 15.5. The van der Waals surface area contributed by atoms with Crippen molar-refractivity contribution in [3.05, 3.63) is 194 Å². The van der Waals surface area contributed by atoms with Gasteiger partial charge in [0.2, 0.25) is 0 Å². The molecule has 0 spiro atoms. The first kappa shape index (κ1) is 31.5. The van der Waals surface area contributed by atoms with Crippen LogP contribution in [-0.2, 0) is 0 Å². The van der Waals surface area contributed by atoms with Crippen LogP contribution in [0.1, 0.15) is 0 Å². The summed E-state index contributed by atoms with van der Waals surface area (Å²) in [7, 11) is 0. The lowest BCUT2D eigenvalue weighted by Gasteiger charge is -2.20. The number of furan rings is 2. The van der Waals surface area contributed by atoms with Crippen molar-refractivity contribution < 1.29 is 8.83 Å². The van der Waals surface area contributed by atoms with E-state index in [0.29, 0.717) is 0 Å².